The molecule has 4 aromatic rings. The van der Waals surface area contributed by atoms with Gasteiger partial charge in [-0.15, -0.1) is 0 Å². The number of aromatic nitrogens is 1. The van der Waals surface area contributed by atoms with Crippen LogP contribution in [0.15, 0.2) is 78.9 Å². The van der Waals surface area contributed by atoms with Gasteiger partial charge in [-0.3, -0.25) is 0 Å². The summed E-state index contributed by atoms with van der Waals surface area (Å²) in [4.78, 5) is 0. The predicted octanol–water partition coefficient (Wildman–Crippen LogP) is 6.61. The van der Waals surface area contributed by atoms with E-state index in [0.29, 0.717) is 6.54 Å². The molecule has 0 radical (unpaired) electrons. The van der Waals surface area contributed by atoms with Gasteiger partial charge in [0.2, 0.25) is 0 Å². The monoisotopic (exact) mass is 406 g/mol. The SMILES string of the molecule is CCn1c(C#CCNc2ccc(C)cc2)cc2c(CCCc3ccccc3)cccc21. The molecule has 1 N–H and O–H groups in total. The molecule has 0 fully saturated rings. The lowest BCUT2D eigenvalue weighted by atomic mass is 10.0. The normalized spacial score (nSPS) is 10.6. The van der Waals surface area contributed by atoms with Crippen molar-refractivity contribution in [2.75, 3.05) is 11.9 Å². The number of nitrogens with zero attached hydrogens (tertiary/aromatic N) is 1. The van der Waals surface area contributed by atoms with Gasteiger partial charge >= 0.3 is 0 Å². The van der Waals surface area contributed by atoms with Crippen molar-refractivity contribution < 1.29 is 0 Å². The molecule has 0 atom stereocenters. The van der Waals surface area contributed by atoms with Crippen LogP contribution in [0, 0.1) is 18.8 Å². The minimum atomic E-state index is 0.637. The zero-order chi connectivity index (χ0) is 21.5. The summed E-state index contributed by atoms with van der Waals surface area (Å²) in [6, 6.07) is 28.1. The molecule has 0 aliphatic carbocycles. The fourth-order valence-electron chi connectivity index (χ4n) is 4.09. The third-order valence-corrected chi connectivity index (χ3v) is 5.76. The van der Waals surface area contributed by atoms with Gasteiger partial charge in [-0.2, -0.15) is 0 Å². The van der Waals surface area contributed by atoms with Gasteiger partial charge in [0.05, 0.1) is 12.2 Å². The van der Waals surface area contributed by atoms with Crippen LogP contribution in [0.5, 0.6) is 0 Å². The van der Waals surface area contributed by atoms with E-state index in [1.54, 1.807) is 0 Å². The Morgan fingerprint density at radius 2 is 1.68 bits per heavy atom. The van der Waals surface area contributed by atoms with E-state index in [9.17, 15) is 0 Å². The van der Waals surface area contributed by atoms with Crippen LogP contribution in [-0.4, -0.2) is 11.1 Å². The van der Waals surface area contributed by atoms with E-state index in [4.69, 9.17) is 0 Å². The maximum Gasteiger partial charge on any atom is 0.0931 e. The quantitative estimate of drug-likeness (QED) is 0.342. The zero-order valence-corrected chi connectivity index (χ0v) is 18.5. The van der Waals surface area contributed by atoms with Crippen molar-refractivity contribution in [3.8, 4) is 11.8 Å². The molecule has 0 unspecified atom stereocenters. The van der Waals surface area contributed by atoms with Gasteiger partial charge in [-0.05, 0) is 74.4 Å². The van der Waals surface area contributed by atoms with Crippen LogP contribution in [-0.2, 0) is 19.4 Å². The highest BCUT2D eigenvalue weighted by atomic mass is 15.0. The van der Waals surface area contributed by atoms with Crippen LogP contribution in [0.4, 0.5) is 5.69 Å². The van der Waals surface area contributed by atoms with E-state index >= 15 is 0 Å². The summed E-state index contributed by atoms with van der Waals surface area (Å²) < 4.78 is 2.33. The molecule has 0 aliphatic heterocycles. The van der Waals surface area contributed by atoms with E-state index in [1.807, 2.05) is 0 Å². The number of nitrogens with one attached hydrogen (secondary N) is 1. The standard InChI is InChI=1S/C29H30N2/c1-3-31-27(15-9-21-30-26-19-17-23(2)18-20-26)22-28-25(14-8-16-29(28)31)13-7-12-24-10-5-4-6-11-24/h4-6,8,10-11,14,16-20,22,30H,3,7,12-13,21H2,1-2H3. The number of hydrogen-bond acceptors (Lipinski definition) is 1. The Morgan fingerprint density at radius 1 is 0.871 bits per heavy atom. The molecule has 31 heavy (non-hydrogen) atoms. The summed E-state index contributed by atoms with van der Waals surface area (Å²) in [6.07, 6.45) is 3.35. The van der Waals surface area contributed by atoms with Crippen LogP contribution >= 0.6 is 0 Å². The molecule has 4 rings (SSSR count). The van der Waals surface area contributed by atoms with Gasteiger partial charge in [0.1, 0.15) is 0 Å². The van der Waals surface area contributed by atoms with Crippen molar-refractivity contribution in [3.05, 3.63) is 101 Å². The Hall–Kier alpha value is -3.44. The lowest BCUT2D eigenvalue weighted by Gasteiger charge is -2.06. The fourth-order valence-corrected chi connectivity index (χ4v) is 4.09. The highest BCUT2D eigenvalue weighted by Crippen LogP contribution is 2.25. The minimum absolute atomic E-state index is 0.637. The molecule has 2 heteroatoms. The molecule has 0 saturated heterocycles. The maximum absolute atomic E-state index is 3.39. The van der Waals surface area contributed by atoms with Crippen molar-refractivity contribution >= 4 is 16.6 Å². The first kappa shape index (κ1) is 20.8. The first-order valence-electron chi connectivity index (χ1n) is 11.2. The Balaban J connectivity index is 1.48. The summed E-state index contributed by atoms with van der Waals surface area (Å²) in [5.74, 6) is 6.70. The Morgan fingerprint density at radius 3 is 2.45 bits per heavy atom. The highest BCUT2D eigenvalue weighted by molar-refractivity contribution is 5.86. The second-order valence-corrected chi connectivity index (χ2v) is 7.98. The van der Waals surface area contributed by atoms with Gasteiger partial charge in [-0.1, -0.05) is 66.1 Å². The lowest BCUT2D eigenvalue weighted by molar-refractivity contribution is 0.786. The second-order valence-electron chi connectivity index (χ2n) is 7.98. The average molecular weight is 407 g/mol. The predicted molar refractivity (Wildman–Crippen MR) is 133 cm³/mol. The van der Waals surface area contributed by atoms with Crippen LogP contribution in [0.3, 0.4) is 0 Å². The number of rotatable bonds is 7. The molecule has 2 nitrogen and oxygen atoms in total. The Bertz CT molecular complexity index is 1190. The molecule has 1 aromatic heterocycles. The van der Waals surface area contributed by atoms with Gasteiger partial charge in [0, 0.05) is 23.1 Å². The first-order chi connectivity index (χ1) is 15.2. The molecule has 0 amide bonds. The number of aryl methyl sites for hydroxylation is 4. The summed E-state index contributed by atoms with van der Waals surface area (Å²) >= 11 is 0. The molecule has 3 aromatic carbocycles. The van der Waals surface area contributed by atoms with Gasteiger partial charge in [0.25, 0.3) is 0 Å². The van der Waals surface area contributed by atoms with Crippen LogP contribution in [0.1, 0.15) is 35.7 Å². The first-order valence-corrected chi connectivity index (χ1v) is 11.2. The summed E-state index contributed by atoms with van der Waals surface area (Å²) in [5, 5.41) is 4.73. The molecule has 0 bridgehead atoms. The van der Waals surface area contributed by atoms with E-state index in [-0.39, 0.29) is 0 Å². The van der Waals surface area contributed by atoms with Crippen molar-refractivity contribution in [2.24, 2.45) is 0 Å². The van der Waals surface area contributed by atoms with Gasteiger partial charge in [-0.25, -0.2) is 0 Å². The Labute approximate surface area is 185 Å². The smallest absolute Gasteiger partial charge is 0.0931 e. The summed E-state index contributed by atoms with van der Waals surface area (Å²) in [7, 11) is 0. The second kappa shape index (κ2) is 10.0. The van der Waals surface area contributed by atoms with E-state index in [1.165, 1.54) is 27.6 Å². The third kappa shape index (κ3) is 5.19. The Kier molecular flexibility index (Phi) is 6.75. The summed E-state index contributed by atoms with van der Waals surface area (Å²) in [5.41, 5.74) is 7.59. The molecule has 0 spiro atoms. The molecule has 0 aliphatic rings. The summed E-state index contributed by atoms with van der Waals surface area (Å²) in [6.45, 7) is 5.85. The molecule has 0 saturated carbocycles. The molecule has 156 valence electrons. The van der Waals surface area contributed by atoms with Crippen molar-refractivity contribution in [1.29, 1.82) is 0 Å². The lowest BCUT2D eigenvalue weighted by Crippen LogP contribution is -2.00. The topological polar surface area (TPSA) is 17.0 Å². The van der Waals surface area contributed by atoms with E-state index < -0.39 is 0 Å². The van der Waals surface area contributed by atoms with Crippen LogP contribution in [0.25, 0.3) is 10.9 Å². The molecular weight excluding hydrogens is 376 g/mol. The molecular formula is C29H30N2. The highest BCUT2D eigenvalue weighted by Gasteiger charge is 2.09. The minimum Gasteiger partial charge on any atom is -0.374 e. The van der Waals surface area contributed by atoms with Crippen molar-refractivity contribution in [3.63, 3.8) is 0 Å². The maximum atomic E-state index is 3.39. The number of fused-ring (bicyclic) bond motifs is 1. The van der Waals surface area contributed by atoms with Crippen LogP contribution < -0.4 is 5.32 Å². The van der Waals surface area contributed by atoms with Crippen molar-refractivity contribution in [2.45, 2.75) is 39.7 Å². The van der Waals surface area contributed by atoms with E-state index in [0.717, 1.165) is 37.2 Å². The van der Waals surface area contributed by atoms with Crippen LogP contribution in [0.2, 0.25) is 0 Å². The van der Waals surface area contributed by atoms with Crippen molar-refractivity contribution in [1.82, 2.24) is 4.57 Å². The number of benzene rings is 3. The molecule has 1 heterocycles. The number of hydrogen-bond donors (Lipinski definition) is 1. The third-order valence-electron chi connectivity index (χ3n) is 5.76. The average Bonchev–Trinajstić information content (AvgIpc) is 3.17. The van der Waals surface area contributed by atoms with Gasteiger partial charge < -0.3 is 9.88 Å². The fraction of sp³-hybridized carbons (Fsp3) is 0.241. The van der Waals surface area contributed by atoms with Gasteiger partial charge in [0.15, 0.2) is 0 Å². The number of anilines is 1. The van der Waals surface area contributed by atoms with E-state index in [2.05, 4.69) is 114 Å². The largest absolute Gasteiger partial charge is 0.374 e. The zero-order valence-electron chi connectivity index (χ0n) is 18.5.